The molecular formula is C34H44N2O4. The number of carbonyl (C=O) groups excluding carboxylic acids is 2. The molecule has 0 aliphatic heterocycles. The number of rotatable bonds is 16. The zero-order valence-electron chi connectivity index (χ0n) is 24.5. The molecule has 0 saturated heterocycles. The standard InChI is InChI=1S/C34H44N2O4/c1-23(2)14-18-35-16-6-20-39-33(37)25-10-11-26-27-8-5-9-28-30(13-12-29(32(27)28)31(26)22-25)34(38)40-21-7-17-36-19-15-24(3)4/h5,8-13,22-24,35-36H,6-7,14-21H2,1-4H3. The number of fused-ring (bicyclic) bond motifs is 3. The summed E-state index contributed by atoms with van der Waals surface area (Å²) in [5, 5.41) is 8.70. The van der Waals surface area contributed by atoms with Gasteiger partial charge in [-0.25, -0.2) is 9.59 Å². The van der Waals surface area contributed by atoms with E-state index < -0.39 is 0 Å². The van der Waals surface area contributed by atoms with Crippen LogP contribution in [-0.4, -0.2) is 51.3 Å². The number of esters is 2. The Bertz CT molecular complexity index is 1310. The number of hydrogen-bond donors (Lipinski definition) is 2. The van der Waals surface area contributed by atoms with E-state index in [1.54, 1.807) is 0 Å². The van der Waals surface area contributed by atoms with E-state index in [1.807, 2.05) is 42.5 Å². The molecule has 0 heterocycles. The van der Waals surface area contributed by atoms with Gasteiger partial charge < -0.3 is 20.1 Å². The highest BCUT2D eigenvalue weighted by Crippen LogP contribution is 2.48. The first-order chi connectivity index (χ1) is 19.4. The Morgan fingerprint density at radius 1 is 0.675 bits per heavy atom. The summed E-state index contributed by atoms with van der Waals surface area (Å²) in [6.45, 7) is 13.3. The molecule has 3 aromatic carbocycles. The van der Waals surface area contributed by atoms with E-state index in [0.29, 0.717) is 36.2 Å². The van der Waals surface area contributed by atoms with Crippen LogP contribution in [0.5, 0.6) is 0 Å². The second kappa shape index (κ2) is 14.4. The van der Waals surface area contributed by atoms with Crippen molar-refractivity contribution in [3.05, 3.63) is 59.7 Å². The van der Waals surface area contributed by atoms with Crippen molar-refractivity contribution in [2.24, 2.45) is 11.8 Å². The molecule has 6 nitrogen and oxygen atoms in total. The molecule has 0 amide bonds. The summed E-state index contributed by atoms with van der Waals surface area (Å²) in [5.74, 6) is 0.748. The fraction of sp³-hybridized carbons (Fsp3) is 0.471. The van der Waals surface area contributed by atoms with Gasteiger partial charge in [-0.15, -0.1) is 0 Å². The molecule has 0 radical (unpaired) electrons. The lowest BCUT2D eigenvalue weighted by molar-refractivity contribution is 0.0492. The largest absolute Gasteiger partial charge is 0.462 e. The van der Waals surface area contributed by atoms with Gasteiger partial charge in [0.2, 0.25) is 0 Å². The van der Waals surface area contributed by atoms with E-state index in [-0.39, 0.29) is 11.9 Å². The first-order valence-electron chi connectivity index (χ1n) is 14.8. The zero-order chi connectivity index (χ0) is 28.5. The first-order valence-corrected chi connectivity index (χ1v) is 14.8. The highest BCUT2D eigenvalue weighted by Gasteiger charge is 2.25. The highest BCUT2D eigenvalue weighted by molar-refractivity contribution is 6.20. The SMILES string of the molecule is CC(C)CCNCCCOC(=O)c1ccc2c(c1)-c1ccc(C(=O)OCCCNCCC(C)C)c3cccc-2c13. The Morgan fingerprint density at radius 2 is 1.27 bits per heavy atom. The number of benzene rings is 3. The Kier molecular flexibility index (Phi) is 10.7. The third-order valence-electron chi connectivity index (χ3n) is 7.36. The third kappa shape index (κ3) is 7.49. The lowest BCUT2D eigenvalue weighted by atomic mass is 9.98. The Hall–Kier alpha value is -3.22. The van der Waals surface area contributed by atoms with Gasteiger partial charge in [-0.3, -0.25) is 0 Å². The average molecular weight is 545 g/mol. The molecule has 0 aromatic heterocycles. The molecule has 3 aromatic rings. The summed E-state index contributed by atoms with van der Waals surface area (Å²) in [6.07, 6.45) is 3.85. The maximum Gasteiger partial charge on any atom is 0.338 e. The smallest absolute Gasteiger partial charge is 0.338 e. The molecule has 6 heteroatoms. The number of nitrogens with one attached hydrogen (secondary N) is 2. The van der Waals surface area contributed by atoms with Crippen LogP contribution >= 0.6 is 0 Å². The maximum absolute atomic E-state index is 13.0. The minimum absolute atomic E-state index is 0.301. The van der Waals surface area contributed by atoms with Gasteiger partial charge in [0.25, 0.3) is 0 Å². The van der Waals surface area contributed by atoms with E-state index >= 15 is 0 Å². The molecule has 0 atom stereocenters. The van der Waals surface area contributed by atoms with Crippen molar-refractivity contribution in [1.82, 2.24) is 10.6 Å². The molecular weight excluding hydrogens is 500 g/mol. The van der Waals surface area contributed by atoms with Crippen molar-refractivity contribution in [2.45, 2.75) is 53.4 Å². The molecule has 0 unspecified atom stereocenters. The van der Waals surface area contributed by atoms with Crippen LogP contribution in [0.15, 0.2) is 48.5 Å². The highest BCUT2D eigenvalue weighted by atomic mass is 16.5. The van der Waals surface area contributed by atoms with Gasteiger partial charge in [-0.05, 0) is 115 Å². The minimum atomic E-state index is -0.309. The summed E-state index contributed by atoms with van der Waals surface area (Å²) in [5.41, 5.74) is 5.25. The topological polar surface area (TPSA) is 76.7 Å². The predicted molar refractivity (Wildman–Crippen MR) is 163 cm³/mol. The molecule has 4 rings (SSSR count). The van der Waals surface area contributed by atoms with Crippen LogP contribution in [0, 0.1) is 11.8 Å². The van der Waals surface area contributed by atoms with Crippen molar-refractivity contribution < 1.29 is 19.1 Å². The van der Waals surface area contributed by atoms with E-state index in [9.17, 15) is 9.59 Å². The van der Waals surface area contributed by atoms with Crippen LogP contribution in [0.4, 0.5) is 0 Å². The van der Waals surface area contributed by atoms with Crippen LogP contribution in [0.3, 0.4) is 0 Å². The number of ether oxygens (including phenoxy) is 2. The van der Waals surface area contributed by atoms with Crippen LogP contribution in [0.1, 0.15) is 74.1 Å². The first kappa shape index (κ1) is 29.8. The molecule has 0 spiro atoms. The maximum atomic E-state index is 13.0. The van der Waals surface area contributed by atoms with Crippen LogP contribution in [-0.2, 0) is 9.47 Å². The monoisotopic (exact) mass is 544 g/mol. The van der Waals surface area contributed by atoms with E-state index in [0.717, 1.165) is 84.9 Å². The summed E-state index contributed by atoms with van der Waals surface area (Å²) in [7, 11) is 0. The van der Waals surface area contributed by atoms with Crippen LogP contribution in [0.2, 0.25) is 0 Å². The predicted octanol–water partition coefficient (Wildman–Crippen LogP) is 6.85. The van der Waals surface area contributed by atoms with Gasteiger partial charge in [0, 0.05) is 0 Å². The minimum Gasteiger partial charge on any atom is -0.462 e. The van der Waals surface area contributed by atoms with Crippen molar-refractivity contribution in [1.29, 1.82) is 0 Å². The van der Waals surface area contributed by atoms with Gasteiger partial charge in [0.15, 0.2) is 0 Å². The Morgan fingerprint density at radius 3 is 1.93 bits per heavy atom. The van der Waals surface area contributed by atoms with E-state index in [1.165, 1.54) is 0 Å². The normalized spacial score (nSPS) is 11.8. The van der Waals surface area contributed by atoms with Crippen molar-refractivity contribution >= 4 is 22.7 Å². The average Bonchev–Trinajstić information content (AvgIpc) is 3.26. The summed E-state index contributed by atoms with van der Waals surface area (Å²) < 4.78 is 11.2. The molecule has 1 aliphatic rings. The Balaban J connectivity index is 1.37. The molecule has 214 valence electrons. The fourth-order valence-corrected chi connectivity index (χ4v) is 5.08. The lowest BCUT2D eigenvalue weighted by Gasteiger charge is -2.10. The quantitative estimate of drug-likeness (QED) is 0.119. The molecule has 1 aliphatic carbocycles. The third-order valence-corrected chi connectivity index (χ3v) is 7.36. The van der Waals surface area contributed by atoms with E-state index in [4.69, 9.17) is 9.47 Å². The molecule has 0 bridgehead atoms. The molecule has 2 N–H and O–H groups in total. The van der Waals surface area contributed by atoms with E-state index in [2.05, 4.69) is 44.4 Å². The Labute approximate surface area is 238 Å². The summed E-state index contributed by atoms with van der Waals surface area (Å²) in [6, 6.07) is 15.6. The van der Waals surface area contributed by atoms with Crippen molar-refractivity contribution in [3.63, 3.8) is 0 Å². The number of hydrogen-bond acceptors (Lipinski definition) is 6. The second-order valence-corrected chi connectivity index (χ2v) is 11.5. The fourth-order valence-electron chi connectivity index (χ4n) is 5.08. The van der Waals surface area contributed by atoms with Gasteiger partial charge in [0.1, 0.15) is 0 Å². The molecule has 40 heavy (non-hydrogen) atoms. The lowest BCUT2D eigenvalue weighted by Crippen LogP contribution is -2.20. The molecule has 0 saturated carbocycles. The van der Waals surface area contributed by atoms with Crippen molar-refractivity contribution in [2.75, 3.05) is 39.4 Å². The zero-order valence-corrected chi connectivity index (χ0v) is 24.5. The van der Waals surface area contributed by atoms with Gasteiger partial charge in [-0.1, -0.05) is 58.0 Å². The van der Waals surface area contributed by atoms with Crippen molar-refractivity contribution in [3.8, 4) is 22.3 Å². The van der Waals surface area contributed by atoms with Gasteiger partial charge in [0.05, 0.1) is 24.3 Å². The number of carbonyl (C=O) groups is 2. The van der Waals surface area contributed by atoms with Crippen LogP contribution < -0.4 is 10.6 Å². The summed E-state index contributed by atoms with van der Waals surface area (Å²) >= 11 is 0. The van der Waals surface area contributed by atoms with Crippen LogP contribution in [0.25, 0.3) is 33.0 Å². The van der Waals surface area contributed by atoms with Gasteiger partial charge in [-0.2, -0.15) is 0 Å². The second-order valence-electron chi connectivity index (χ2n) is 11.5. The van der Waals surface area contributed by atoms with Gasteiger partial charge >= 0.3 is 11.9 Å². The molecule has 0 fully saturated rings. The summed E-state index contributed by atoms with van der Waals surface area (Å²) in [4.78, 5) is 25.8.